The first-order valence-electron chi connectivity index (χ1n) is 19.7. The third-order valence-corrected chi connectivity index (χ3v) is 9.17. The molecule has 0 aromatic heterocycles. The summed E-state index contributed by atoms with van der Waals surface area (Å²) < 4.78 is 34.1. The Labute approximate surface area is 306 Å². The van der Waals surface area contributed by atoms with Crippen molar-refractivity contribution in [3.8, 4) is 0 Å². The Bertz CT molecular complexity index is 959. The average Bonchev–Trinajstić information content (AvgIpc) is 3.06. The molecule has 0 aromatic carbocycles. The van der Waals surface area contributed by atoms with E-state index < -0.39 is 26.5 Å². The van der Waals surface area contributed by atoms with E-state index in [1.54, 1.807) is 0 Å². The lowest BCUT2D eigenvalue weighted by Gasteiger charge is -2.24. The molecule has 0 radical (unpaired) electrons. The molecular formula is C40H75NO8P+. The van der Waals surface area contributed by atoms with Crippen molar-refractivity contribution in [2.75, 3.05) is 47.5 Å². The number of ether oxygens (including phenoxy) is 2. The van der Waals surface area contributed by atoms with Gasteiger partial charge in [0.1, 0.15) is 19.8 Å². The van der Waals surface area contributed by atoms with Crippen molar-refractivity contribution in [1.29, 1.82) is 0 Å². The molecule has 10 heteroatoms. The lowest BCUT2D eigenvalue weighted by atomic mass is 10.1. The summed E-state index contributed by atoms with van der Waals surface area (Å²) in [5, 5.41) is 0. The molecule has 292 valence electrons. The Hall–Kier alpha value is -1.77. The van der Waals surface area contributed by atoms with Gasteiger partial charge < -0.3 is 18.9 Å². The molecule has 0 fully saturated rings. The second-order valence-corrected chi connectivity index (χ2v) is 15.7. The number of likely N-dealkylation sites (N-methyl/N-ethyl adjacent to an activating group) is 1. The zero-order chi connectivity index (χ0) is 37.2. The summed E-state index contributed by atoms with van der Waals surface area (Å²) in [5.74, 6) is -0.814. The van der Waals surface area contributed by atoms with Crippen LogP contribution in [0.1, 0.15) is 155 Å². The first-order valence-corrected chi connectivity index (χ1v) is 21.2. The van der Waals surface area contributed by atoms with Gasteiger partial charge >= 0.3 is 19.8 Å². The van der Waals surface area contributed by atoms with Gasteiger partial charge in [0.2, 0.25) is 0 Å². The van der Waals surface area contributed by atoms with Crippen LogP contribution in [0.4, 0.5) is 0 Å². The maximum Gasteiger partial charge on any atom is 0.472 e. The Balaban J connectivity index is 4.40. The Morgan fingerprint density at radius 1 is 0.640 bits per heavy atom. The molecule has 0 heterocycles. The highest BCUT2D eigenvalue weighted by Crippen LogP contribution is 2.43. The molecule has 9 nitrogen and oxygen atoms in total. The number of carbonyl (C=O) groups is 2. The fourth-order valence-electron chi connectivity index (χ4n) is 5.09. The third kappa shape index (κ3) is 36.0. The number of hydrogen-bond donors (Lipinski definition) is 1. The standard InChI is InChI=1S/C40H74NO8P/c1-6-8-10-12-14-16-17-18-19-20-21-22-23-25-27-29-31-33-40(43)49-38(37-48-50(44,45)47-35-34-41(3,4)5)36-46-39(42)32-30-28-26-24-15-13-11-9-7-2/h8,10,14,16,18-19,38H,6-7,9,11-13,15,17,20-37H2,1-5H3/p+1/b10-8-,16-14-,19-18-. The van der Waals surface area contributed by atoms with Crippen molar-refractivity contribution in [3.63, 3.8) is 0 Å². The second kappa shape index (κ2) is 33.1. The highest BCUT2D eigenvalue weighted by molar-refractivity contribution is 7.47. The van der Waals surface area contributed by atoms with E-state index in [1.165, 1.54) is 57.8 Å². The predicted molar refractivity (Wildman–Crippen MR) is 206 cm³/mol. The van der Waals surface area contributed by atoms with E-state index in [0.717, 1.165) is 64.2 Å². The smallest absolute Gasteiger partial charge is 0.462 e. The maximum atomic E-state index is 12.6. The van der Waals surface area contributed by atoms with Crippen molar-refractivity contribution in [3.05, 3.63) is 36.5 Å². The molecule has 0 aromatic rings. The summed E-state index contributed by atoms with van der Waals surface area (Å²) in [7, 11) is 1.47. The van der Waals surface area contributed by atoms with Gasteiger partial charge in [-0.05, 0) is 44.9 Å². The van der Waals surface area contributed by atoms with E-state index >= 15 is 0 Å². The number of rotatable bonds is 35. The summed E-state index contributed by atoms with van der Waals surface area (Å²) in [5.41, 5.74) is 0. The van der Waals surface area contributed by atoms with Crippen LogP contribution in [0, 0.1) is 0 Å². The van der Waals surface area contributed by atoms with Crippen molar-refractivity contribution in [2.45, 2.75) is 161 Å². The summed E-state index contributed by atoms with van der Waals surface area (Å²) in [6.07, 6.45) is 34.8. The minimum atomic E-state index is -4.37. The molecule has 0 bridgehead atoms. The van der Waals surface area contributed by atoms with E-state index in [2.05, 4.69) is 50.3 Å². The van der Waals surface area contributed by atoms with E-state index in [0.29, 0.717) is 17.4 Å². The van der Waals surface area contributed by atoms with E-state index in [1.807, 2.05) is 21.1 Å². The largest absolute Gasteiger partial charge is 0.472 e. The number of esters is 2. The van der Waals surface area contributed by atoms with E-state index in [4.69, 9.17) is 18.5 Å². The van der Waals surface area contributed by atoms with Crippen molar-refractivity contribution >= 4 is 19.8 Å². The van der Waals surface area contributed by atoms with Crippen LogP contribution >= 0.6 is 7.82 Å². The van der Waals surface area contributed by atoms with Gasteiger partial charge in [0.05, 0.1) is 27.7 Å². The van der Waals surface area contributed by atoms with Crippen LogP contribution in [0.3, 0.4) is 0 Å². The van der Waals surface area contributed by atoms with Crippen LogP contribution in [0.25, 0.3) is 0 Å². The van der Waals surface area contributed by atoms with Crippen LogP contribution in [0.2, 0.25) is 0 Å². The fourth-order valence-corrected chi connectivity index (χ4v) is 5.83. The van der Waals surface area contributed by atoms with Gasteiger partial charge in [0, 0.05) is 12.8 Å². The van der Waals surface area contributed by atoms with Gasteiger partial charge in [-0.1, -0.05) is 134 Å². The highest BCUT2D eigenvalue weighted by Gasteiger charge is 2.27. The topological polar surface area (TPSA) is 108 Å². The van der Waals surface area contributed by atoms with Gasteiger partial charge in [-0.25, -0.2) is 4.57 Å². The monoisotopic (exact) mass is 729 g/mol. The van der Waals surface area contributed by atoms with Gasteiger partial charge in [-0.3, -0.25) is 18.6 Å². The van der Waals surface area contributed by atoms with Crippen molar-refractivity contribution in [1.82, 2.24) is 0 Å². The first kappa shape index (κ1) is 48.2. The Morgan fingerprint density at radius 2 is 1.14 bits per heavy atom. The number of carbonyl (C=O) groups excluding carboxylic acids is 2. The van der Waals surface area contributed by atoms with Crippen LogP contribution in [0.5, 0.6) is 0 Å². The summed E-state index contributed by atoms with van der Waals surface area (Å²) in [6, 6.07) is 0. The summed E-state index contributed by atoms with van der Waals surface area (Å²) >= 11 is 0. The lowest BCUT2D eigenvalue weighted by molar-refractivity contribution is -0.870. The highest BCUT2D eigenvalue weighted by atomic mass is 31.2. The van der Waals surface area contributed by atoms with Crippen LogP contribution in [-0.4, -0.2) is 74.9 Å². The SMILES string of the molecule is CC/C=C\C/C=C\C/C=C\CCCCCCCCCC(=O)OC(COC(=O)CCCCCCCCCCC)COP(=O)(O)OCC[N+](C)(C)C. The molecule has 0 aliphatic carbocycles. The second-order valence-electron chi connectivity index (χ2n) is 14.3. The number of unbranched alkanes of at least 4 members (excludes halogenated alkanes) is 15. The van der Waals surface area contributed by atoms with Crippen LogP contribution in [0.15, 0.2) is 36.5 Å². The number of nitrogens with zero attached hydrogens (tertiary/aromatic N) is 1. The minimum absolute atomic E-state index is 0.0297. The van der Waals surface area contributed by atoms with Gasteiger partial charge in [0.15, 0.2) is 6.10 Å². The van der Waals surface area contributed by atoms with Crippen molar-refractivity contribution in [2.24, 2.45) is 0 Å². The minimum Gasteiger partial charge on any atom is -0.462 e. The normalized spacial score (nSPS) is 14.1. The average molecular weight is 729 g/mol. The summed E-state index contributed by atoms with van der Waals surface area (Å²) in [4.78, 5) is 35.1. The van der Waals surface area contributed by atoms with E-state index in [9.17, 15) is 19.0 Å². The molecule has 0 aliphatic rings. The molecule has 0 saturated heterocycles. The van der Waals surface area contributed by atoms with Gasteiger partial charge in [-0.15, -0.1) is 0 Å². The molecule has 0 amide bonds. The van der Waals surface area contributed by atoms with Crippen LogP contribution < -0.4 is 0 Å². The number of quaternary nitrogens is 1. The number of allylic oxidation sites excluding steroid dienone is 6. The molecule has 50 heavy (non-hydrogen) atoms. The van der Waals surface area contributed by atoms with E-state index in [-0.39, 0.29) is 32.0 Å². The molecule has 1 N–H and O–H groups in total. The number of hydrogen-bond acceptors (Lipinski definition) is 7. The van der Waals surface area contributed by atoms with Crippen LogP contribution in [-0.2, 0) is 32.7 Å². The zero-order valence-corrected chi connectivity index (χ0v) is 33.5. The lowest BCUT2D eigenvalue weighted by Crippen LogP contribution is -2.37. The zero-order valence-electron chi connectivity index (χ0n) is 32.6. The molecule has 0 rings (SSSR count). The van der Waals surface area contributed by atoms with Gasteiger partial charge in [0.25, 0.3) is 0 Å². The Kier molecular flexibility index (Phi) is 31.9. The molecule has 0 saturated carbocycles. The third-order valence-electron chi connectivity index (χ3n) is 8.18. The molecule has 2 unspecified atom stereocenters. The molecule has 0 spiro atoms. The number of phosphoric ester groups is 1. The first-order chi connectivity index (χ1) is 24.0. The summed E-state index contributed by atoms with van der Waals surface area (Å²) in [6.45, 7) is 4.26. The number of phosphoric acid groups is 1. The molecular weight excluding hydrogens is 653 g/mol. The predicted octanol–water partition coefficient (Wildman–Crippen LogP) is 10.6. The molecule has 0 aliphatic heterocycles. The molecule has 2 atom stereocenters. The maximum absolute atomic E-state index is 12.6. The Morgan fingerprint density at radius 3 is 1.70 bits per heavy atom. The van der Waals surface area contributed by atoms with Gasteiger partial charge in [-0.2, -0.15) is 0 Å². The quantitative estimate of drug-likeness (QED) is 0.0226. The van der Waals surface area contributed by atoms with Crippen molar-refractivity contribution < 1.29 is 42.1 Å². The fraction of sp³-hybridized carbons (Fsp3) is 0.800.